The molecule has 0 aliphatic heterocycles. The van der Waals surface area contributed by atoms with Gasteiger partial charge in [-0.25, -0.2) is 4.79 Å². The van der Waals surface area contributed by atoms with Gasteiger partial charge in [0.15, 0.2) is 0 Å². The number of hydrogen-bond donors (Lipinski definition) is 1. The summed E-state index contributed by atoms with van der Waals surface area (Å²) in [6.07, 6.45) is 4.50. The fraction of sp³-hybridized carbons (Fsp3) is 0.615. The predicted octanol–water partition coefficient (Wildman–Crippen LogP) is 3.22. The van der Waals surface area contributed by atoms with E-state index in [-0.39, 0.29) is 6.03 Å². The van der Waals surface area contributed by atoms with Crippen molar-refractivity contribution in [3.63, 3.8) is 0 Å². The van der Waals surface area contributed by atoms with Crippen molar-refractivity contribution in [1.82, 2.24) is 10.2 Å². The average molecular weight is 252 g/mol. The molecule has 1 aliphatic carbocycles. The Bertz CT molecular complexity index is 346. The van der Waals surface area contributed by atoms with Crippen molar-refractivity contribution in [2.24, 2.45) is 0 Å². The van der Waals surface area contributed by atoms with Crippen LogP contribution in [0.2, 0.25) is 0 Å². The minimum absolute atomic E-state index is 0.106. The number of amides is 2. The average Bonchev–Trinajstić information content (AvgIpc) is 3.03. The monoisotopic (exact) mass is 252 g/mol. The molecule has 0 spiro atoms. The number of nitrogens with one attached hydrogen (secondary N) is 1. The molecule has 1 N–H and O–H groups in total. The number of carbonyl (C=O) groups is 1. The fourth-order valence-electron chi connectivity index (χ4n) is 1.80. The summed E-state index contributed by atoms with van der Waals surface area (Å²) >= 11 is 1.72. The third-order valence-corrected chi connectivity index (χ3v) is 3.82. The van der Waals surface area contributed by atoms with Crippen LogP contribution >= 0.6 is 11.3 Å². The van der Waals surface area contributed by atoms with Crippen molar-refractivity contribution in [3.8, 4) is 0 Å². The van der Waals surface area contributed by atoms with Gasteiger partial charge >= 0.3 is 6.03 Å². The van der Waals surface area contributed by atoms with Crippen LogP contribution in [0.25, 0.3) is 0 Å². The van der Waals surface area contributed by atoms with Crippen molar-refractivity contribution in [3.05, 3.63) is 22.4 Å². The molecular weight excluding hydrogens is 232 g/mol. The maximum absolute atomic E-state index is 12.0. The molecule has 17 heavy (non-hydrogen) atoms. The Kier molecular flexibility index (Phi) is 4.42. The summed E-state index contributed by atoms with van der Waals surface area (Å²) in [4.78, 5) is 15.3. The SMILES string of the molecule is CCCCNC(=O)N(Cc1cccs1)C1CC1. The Balaban J connectivity index is 1.86. The fourth-order valence-corrected chi connectivity index (χ4v) is 2.50. The number of nitrogens with zero attached hydrogens (tertiary/aromatic N) is 1. The van der Waals surface area contributed by atoms with Gasteiger partial charge in [-0.05, 0) is 30.7 Å². The third kappa shape index (κ3) is 3.73. The smallest absolute Gasteiger partial charge is 0.317 e. The molecule has 94 valence electrons. The number of hydrogen-bond acceptors (Lipinski definition) is 2. The molecule has 1 aromatic rings. The Morgan fingerprint density at radius 3 is 3.00 bits per heavy atom. The molecule has 1 saturated carbocycles. The van der Waals surface area contributed by atoms with Gasteiger partial charge in [0.2, 0.25) is 0 Å². The lowest BCUT2D eigenvalue weighted by atomic mass is 10.3. The van der Waals surface area contributed by atoms with Gasteiger partial charge in [-0.15, -0.1) is 11.3 Å². The van der Waals surface area contributed by atoms with Crippen LogP contribution in [0.15, 0.2) is 17.5 Å². The van der Waals surface area contributed by atoms with E-state index < -0.39 is 0 Å². The molecule has 0 radical (unpaired) electrons. The van der Waals surface area contributed by atoms with E-state index in [0.29, 0.717) is 6.04 Å². The molecule has 0 atom stereocenters. The maximum Gasteiger partial charge on any atom is 0.317 e. The van der Waals surface area contributed by atoms with E-state index in [1.807, 2.05) is 11.0 Å². The lowest BCUT2D eigenvalue weighted by Crippen LogP contribution is -2.41. The van der Waals surface area contributed by atoms with Crippen molar-refractivity contribution in [2.45, 2.75) is 45.2 Å². The highest BCUT2D eigenvalue weighted by Gasteiger charge is 2.32. The topological polar surface area (TPSA) is 32.3 Å². The molecule has 1 aliphatic rings. The van der Waals surface area contributed by atoms with Gasteiger partial charge in [0.1, 0.15) is 0 Å². The maximum atomic E-state index is 12.0. The number of unbranched alkanes of at least 4 members (excludes halogenated alkanes) is 1. The second-order valence-electron chi connectivity index (χ2n) is 4.52. The second kappa shape index (κ2) is 6.05. The summed E-state index contributed by atoms with van der Waals surface area (Å²) in [7, 11) is 0. The molecule has 1 aromatic heterocycles. The van der Waals surface area contributed by atoms with Crippen LogP contribution in [0.4, 0.5) is 4.79 Å². The number of carbonyl (C=O) groups excluding carboxylic acids is 1. The summed E-state index contributed by atoms with van der Waals surface area (Å²) in [6.45, 7) is 3.69. The van der Waals surface area contributed by atoms with E-state index in [9.17, 15) is 4.79 Å². The van der Waals surface area contributed by atoms with Gasteiger partial charge in [-0.3, -0.25) is 0 Å². The number of rotatable bonds is 6. The van der Waals surface area contributed by atoms with Gasteiger partial charge in [0.25, 0.3) is 0 Å². The first-order valence-corrected chi connectivity index (χ1v) is 7.26. The van der Waals surface area contributed by atoms with Crippen molar-refractivity contribution < 1.29 is 4.79 Å². The van der Waals surface area contributed by atoms with Gasteiger partial charge in [0.05, 0.1) is 6.54 Å². The van der Waals surface area contributed by atoms with Crippen LogP contribution in [0, 0.1) is 0 Å². The van der Waals surface area contributed by atoms with Crippen molar-refractivity contribution >= 4 is 17.4 Å². The Morgan fingerprint density at radius 2 is 2.41 bits per heavy atom. The van der Waals surface area contributed by atoms with Crippen molar-refractivity contribution in [2.75, 3.05) is 6.54 Å². The highest BCUT2D eigenvalue weighted by atomic mass is 32.1. The highest BCUT2D eigenvalue weighted by molar-refractivity contribution is 7.09. The van der Waals surface area contributed by atoms with Gasteiger partial charge in [-0.2, -0.15) is 0 Å². The third-order valence-electron chi connectivity index (χ3n) is 2.96. The first-order chi connectivity index (χ1) is 8.31. The van der Waals surface area contributed by atoms with E-state index in [2.05, 4.69) is 23.7 Å². The number of thiophene rings is 1. The van der Waals surface area contributed by atoms with E-state index >= 15 is 0 Å². The predicted molar refractivity (Wildman–Crippen MR) is 71.2 cm³/mol. The Hall–Kier alpha value is -1.03. The number of urea groups is 1. The molecule has 0 bridgehead atoms. The standard InChI is InChI=1S/C13H20N2OS/c1-2-3-8-14-13(16)15(11-6-7-11)10-12-5-4-9-17-12/h4-5,9,11H,2-3,6-8,10H2,1H3,(H,14,16). The summed E-state index contributed by atoms with van der Waals surface area (Å²) < 4.78 is 0. The first kappa shape index (κ1) is 12.4. The van der Waals surface area contributed by atoms with Gasteiger partial charge in [-0.1, -0.05) is 19.4 Å². The van der Waals surface area contributed by atoms with Crippen LogP contribution in [-0.2, 0) is 6.54 Å². The van der Waals surface area contributed by atoms with Crippen LogP contribution in [0.5, 0.6) is 0 Å². The lowest BCUT2D eigenvalue weighted by Gasteiger charge is -2.22. The summed E-state index contributed by atoms with van der Waals surface area (Å²) in [5, 5.41) is 5.07. The molecule has 0 unspecified atom stereocenters. The van der Waals surface area contributed by atoms with Gasteiger partial charge in [0, 0.05) is 17.5 Å². The zero-order valence-corrected chi connectivity index (χ0v) is 11.1. The van der Waals surface area contributed by atoms with E-state index in [1.54, 1.807) is 11.3 Å². The van der Waals surface area contributed by atoms with E-state index in [0.717, 1.165) is 38.8 Å². The van der Waals surface area contributed by atoms with Crippen LogP contribution in [0.3, 0.4) is 0 Å². The normalized spacial score (nSPS) is 14.6. The van der Waals surface area contributed by atoms with Crippen LogP contribution in [0.1, 0.15) is 37.5 Å². The Morgan fingerprint density at radius 1 is 1.59 bits per heavy atom. The molecule has 1 heterocycles. The molecule has 2 rings (SSSR count). The zero-order chi connectivity index (χ0) is 12.1. The summed E-state index contributed by atoms with van der Waals surface area (Å²) in [6, 6.07) is 4.72. The molecule has 0 saturated heterocycles. The van der Waals surface area contributed by atoms with E-state index in [1.165, 1.54) is 4.88 Å². The molecule has 1 fully saturated rings. The second-order valence-corrected chi connectivity index (χ2v) is 5.56. The van der Waals surface area contributed by atoms with Gasteiger partial charge < -0.3 is 10.2 Å². The minimum atomic E-state index is 0.106. The lowest BCUT2D eigenvalue weighted by molar-refractivity contribution is 0.192. The highest BCUT2D eigenvalue weighted by Crippen LogP contribution is 2.29. The largest absolute Gasteiger partial charge is 0.338 e. The molecular formula is C13H20N2OS. The van der Waals surface area contributed by atoms with E-state index in [4.69, 9.17) is 0 Å². The molecule has 3 nitrogen and oxygen atoms in total. The van der Waals surface area contributed by atoms with Crippen LogP contribution < -0.4 is 5.32 Å². The summed E-state index contributed by atoms with van der Waals surface area (Å²) in [5.41, 5.74) is 0. The molecule has 0 aromatic carbocycles. The Labute approximate surface area is 107 Å². The first-order valence-electron chi connectivity index (χ1n) is 6.38. The zero-order valence-electron chi connectivity index (χ0n) is 10.3. The van der Waals surface area contributed by atoms with Crippen LogP contribution in [-0.4, -0.2) is 23.5 Å². The molecule has 4 heteroatoms. The van der Waals surface area contributed by atoms with Crippen molar-refractivity contribution in [1.29, 1.82) is 0 Å². The molecule has 2 amide bonds. The quantitative estimate of drug-likeness (QED) is 0.775. The summed E-state index contributed by atoms with van der Waals surface area (Å²) in [5.74, 6) is 0. The minimum Gasteiger partial charge on any atom is -0.338 e.